The molecule has 4 unspecified atom stereocenters. The molecule has 13 nitrogen and oxygen atoms in total. The van der Waals surface area contributed by atoms with Gasteiger partial charge in [-0.05, 0) is 39.5 Å². The number of carbonyl (C=O) groups is 2. The summed E-state index contributed by atoms with van der Waals surface area (Å²) in [5, 5.41) is 92.9. The van der Waals surface area contributed by atoms with Gasteiger partial charge in [-0.15, -0.1) is 0 Å². The fourth-order valence-electron chi connectivity index (χ4n) is 6.65. The van der Waals surface area contributed by atoms with E-state index in [-0.39, 0.29) is 25.2 Å². The molecular weight excluding hydrogens is 592 g/mol. The molecule has 2 aliphatic heterocycles. The van der Waals surface area contributed by atoms with Gasteiger partial charge < -0.3 is 55.4 Å². The van der Waals surface area contributed by atoms with Crippen molar-refractivity contribution in [2.45, 2.75) is 177 Å². The van der Waals surface area contributed by atoms with Crippen LogP contribution in [0.2, 0.25) is 0 Å². The molecule has 2 aliphatic rings. The lowest BCUT2D eigenvalue weighted by atomic mass is 9.72. The van der Waals surface area contributed by atoms with Crippen LogP contribution in [0.4, 0.5) is 0 Å². The third-order valence-electron chi connectivity index (χ3n) is 9.56. The molecule has 9 N–H and O–H groups in total. The monoisotopic (exact) mass is 650 g/mol. The highest BCUT2D eigenvalue weighted by Crippen LogP contribution is 2.42. The van der Waals surface area contributed by atoms with Crippen molar-refractivity contribution in [2.75, 3.05) is 6.61 Å². The number of Topliss-reactive ketones (excluding diaryl/α,β-unsaturated/α-hetero) is 1. The molecule has 0 spiro atoms. The van der Waals surface area contributed by atoms with E-state index < -0.39 is 78.5 Å². The van der Waals surface area contributed by atoms with E-state index in [1.807, 2.05) is 0 Å². The van der Waals surface area contributed by atoms with Gasteiger partial charge in [0.2, 0.25) is 0 Å². The van der Waals surface area contributed by atoms with Gasteiger partial charge in [-0.1, -0.05) is 64.2 Å². The average molecular weight is 651 g/mol. The quantitative estimate of drug-likeness (QED) is 0.0611. The van der Waals surface area contributed by atoms with Crippen molar-refractivity contribution in [1.82, 2.24) is 0 Å². The van der Waals surface area contributed by atoms with Crippen LogP contribution in [0.15, 0.2) is 0 Å². The van der Waals surface area contributed by atoms with E-state index in [1.54, 1.807) is 0 Å². The Labute approximate surface area is 266 Å². The number of aliphatic hydroxyl groups excluding tert-OH is 8. The Balaban J connectivity index is 1.82. The fraction of sp³-hybridized carbons (Fsp3) is 0.938. The lowest BCUT2D eigenvalue weighted by Crippen LogP contribution is -2.77. The van der Waals surface area contributed by atoms with Crippen LogP contribution in [0.3, 0.4) is 0 Å². The number of unbranched alkanes of at least 4 members (excludes halogenated alkanes) is 10. The highest BCUT2D eigenvalue weighted by atomic mass is 16.6. The molecule has 0 saturated carbocycles. The Morgan fingerprint density at radius 2 is 1.18 bits per heavy atom. The molecule has 0 aromatic carbocycles. The van der Waals surface area contributed by atoms with Gasteiger partial charge >= 0.3 is 5.97 Å². The van der Waals surface area contributed by atoms with E-state index in [0.717, 1.165) is 51.4 Å². The van der Waals surface area contributed by atoms with Crippen LogP contribution in [-0.4, -0.2) is 131 Å². The van der Waals surface area contributed by atoms with Crippen LogP contribution in [0, 0.1) is 5.92 Å². The van der Waals surface area contributed by atoms with Gasteiger partial charge in [-0.25, -0.2) is 0 Å². The van der Waals surface area contributed by atoms with Crippen LogP contribution >= 0.6 is 0 Å². The smallest absolute Gasteiger partial charge is 0.314 e. The van der Waals surface area contributed by atoms with Crippen LogP contribution in [0.1, 0.15) is 110 Å². The molecule has 0 radical (unpaired) electrons. The molecule has 12 atom stereocenters. The Morgan fingerprint density at radius 3 is 1.76 bits per heavy atom. The van der Waals surface area contributed by atoms with E-state index in [2.05, 4.69) is 0 Å². The zero-order valence-electron chi connectivity index (χ0n) is 26.8. The molecule has 2 heterocycles. The van der Waals surface area contributed by atoms with Crippen molar-refractivity contribution >= 4 is 11.8 Å². The molecule has 45 heavy (non-hydrogen) atoms. The van der Waals surface area contributed by atoms with Crippen molar-refractivity contribution in [1.29, 1.82) is 0 Å². The summed E-state index contributed by atoms with van der Waals surface area (Å²) in [4.78, 5) is 24.1. The number of aliphatic hydroxyl groups is 8. The first-order valence-corrected chi connectivity index (χ1v) is 16.8. The molecule has 0 aromatic heterocycles. The summed E-state index contributed by atoms with van der Waals surface area (Å²) in [5.74, 6) is -2.30. The molecule has 2 saturated heterocycles. The van der Waals surface area contributed by atoms with E-state index in [0.29, 0.717) is 32.1 Å². The molecule has 2 rings (SSSR count). The minimum Gasteiger partial charge on any atom is -0.481 e. The second kappa shape index (κ2) is 19.5. The van der Waals surface area contributed by atoms with Gasteiger partial charge in [0.15, 0.2) is 5.60 Å². The number of hydrogen-bond donors (Lipinski definition) is 9. The predicted molar refractivity (Wildman–Crippen MR) is 162 cm³/mol. The zero-order valence-corrected chi connectivity index (χ0v) is 26.8. The molecule has 0 aliphatic carbocycles. The third kappa shape index (κ3) is 10.6. The maximum absolute atomic E-state index is 12.5. The van der Waals surface area contributed by atoms with Crippen molar-refractivity contribution < 1.29 is 65.0 Å². The van der Waals surface area contributed by atoms with Crippen molar-refractivity contribution in [3.05, 3.63) is 0 Å². The number of carboxylic acids is 1. The van der Waals surface area contributed by atoms with Crippen molar-refractivity contribution in [3.63, 3.8) is 0 Å². The van der Waals surface area contributed by atoms with Crippen molar-refractivity contribution in [3.8, 4) is 0 Å². The average Bonchev–Trinajstić information content (AvgIpc) is 3.00. The Hall–Kier alpha value is -1.26. The van der Waals surface area contributed by atoms with Gasteiger partial charge in [-0.3, -0.25) is 9.59 Å². The van der Waals surface area contributed by atoms with E-state index in [4.69, 9.17) is 14.6 Å². The van der Waals surface area contributed by atoms with Crippen LogP contribution in [0.25, 0.3) is 0 Å². The first kappa shape index (κ1) is 39.9. The van der Waals surface area contributed by atoms with Crippen LogP contribution in [-0.2, 0) is 19.1 Å². The Morgan fingerprint density at radius 1 is 0.667 bits per heavy atom. The summed E-state index contributed by atoms with van der Waals surface area (Å²) in [7, 11) is 0. The van der Waals surface area contributed by atoms with Gasteiger partial charge in [0.1, 0.15) is 54.4 Å². The van der Waals surface area contributed by atoms with Gasteiger partial charge in [-0.2, -0.15) is 0 Å². The maximum atomic E-state index is 12.5. The lowest BCUT2D eigenvalue weighted by Gasteiger charge is -2.56. The largest absolute Gasteiger partial charge is 0.481 e. The normalized spacial score (nSPS) is 35.2. The summed E-state index contributed by atoms with van der Waals surface area (Å²) >= 11 is 0. The van der Waals surface area contributed by atoms with Crippen molar-refractivity contribution in [2.24, 2.45) is 5.92 Å². The van der Waals surface area contributed by atoms with E-state index in [1.165, 1.54) is 13.8 Å². The first-order valence-electron chi connectivity index (χ1n) is 16.8. The standard InChI is InChI=1S/C32H58O13/c1-19-24(36)26(38)28(40)30(44-19)32(29(41)27(39)25(37)20(2)45-32)23(35)17-13-9-4-3-8-12-16-22(34)21(31(42)43)15-11-7-5-6-10-14-18-33/h19-21,23-30,33,35-41H,3-18H2,1-2H3,(H,42,43)/t19-,20+,21?,23?,24-,25+,26+,27-,28+,29-,30?,32?/m1/s1. The second-order valence-electron chi connectivity index (χ2n) is 13.0. The van der Waals surface area contributed by atoms with Gasteiger partial charge in [0, 0.05) is 13.0 Å². The first-order chi connectivity index (χ1) is 21.3. The highest BCUT2D eigenvalue weighted by molar-refractivity contribution is 5.98. The number of carboxylic acid groups (broad SMARTS) is 1. The Kier molecular flexibility index (Phi) is 17.3. The van der Waals surface area contributed by atoms with Gasteiger partial charge in [0.25, 0.3) is 0 Å². The molecule has 0 bridgehead atoms. The minimum atomic E-state index is -2.10. The topological polar surface area (TPSA) is 235 Å². The number of rotatable bonds is 21. The number of hydrogen-bond acceptors (Lipinski definition) is 12. The SMILES string of the molecule is C[C@@H]1OC(C(O)CCCCCCCCC(=O)C(CCCCCCCCO)C(=O)O)(C2O[C@H](C)[C@@H](O)[C@H](O)[C@@H]2O)[C@H](O)[C@H](O)[C@H]1O. The van der Waals surface area contributed by atoms with Gasteiger partial charge in [0.05, 0.1) is 18.3 Å². The summed E-state index contributed by atoms with van der Waals surface area (Å²) in [5.41, 5.74) is -2.10. The molecule has 2 fully saturated rings. The molecule has 0 aromatic rings. The Bertz CT molecular complexity index is 874. The highest BCUT2D eigenvalue weighted by Gasteiger charge is 2.64. The number of ketones is 1. The second-order valence-corrected chi connectivity index (χ2v) is 13.0. The maximum Gasteiger partial charge on any atom is 0.314 e. The third-order valence-corrected chi connectivity index (χ3v) is 9.56. The van der Waals surface area contributed by atoms with Crippen LogP contribution < -0.4 is 0 Å². The zero-order chi connectivity index (χ0) is 33.7. The summed E-state index contributed by atoms with van der Waals surface area (Å²) in [6, 6.07) is 0. The molecular formula is C32H58O13. The minimum absolute atomic E-state index is 0.0758. The lowest BCUT2D eigenvalue weighted by molar-refractivity contribution is -0.355. The summed E-state index contributed by atoms with van der Waals surface area (Å²) in [6.45, 7) is 3.08. The number of carbonyl (C=O) groups excluding carboxylic acids is 1. The van der Waals surface area contributed by atoms with E-state index >= 15 is 0 Å². The van der Waals surface area contributed by atoms with Crippen LogP contribution in [0.5, 0.6) is 0 Å². The summed E-state index contributed by atoms with van der Waals surface area (Å²) in [6.07, 6.45) is -5.15. The number of aliphatic carboxylic acids is 1. The number of ether oxygens (including phenoxy) is 2. The molecule has 0 amide bonds. The fourth-order valence-corrected chi connectivity index (χ4v) is 6.65. The molecule has 13 heteroatoms. The van der Waals surface area contributed by atoms with E-state index in [9.17, 15) is 50.4 Å². The predicted octanol–water partition coefficient (Wildman–Crippen LogP) is 0.571. The summed E-state index contributed by atoms with van der Waals surface area (Å²) < 4.78 is 11.7. The molecule has 264 valence electrons.